The number of carbonyl (C=O) groups is 1. The van der Waals surface area contributed by atoms with Crippen LogP contribution in [0.2, 0.25) is 0 Å². The Balaban J connectivity index is 2.42. The van der Waals surface area contributed by atoms with Crippen LogP contribution < -0.4 is 5.73 Å². The molecule has 2 rings (SSSR count). The maximum absolute atomic E-state index is 13.1. The second kappa shape index (κ2) is 4.06. The maximum Gasteiger partial charge on any atom is 0.258 e. The third-order valence-electron chi connectivity index (χ3n) is 2.29. The molecular weight excluding hydrogens is 225 g/mol. The molecule has 82 valence electrons. The van der Waals surface area contributed by atoms with Crippen LogP contribution >= 0.6 is 11.3 Å². The Morgan fingerprint density at radius 3 is 2.62 bits per heavy atom. The fraction of sp³-hybridized carbons (Fsp3) is 0.0833. The number of benzene rings is 1. The standard InChI is InChI=1S/C12H10FNOS/c1-7-6-8(2-3-9(7)13)10-4-5-11(16-10)12(14)15/h2-6H,1H3,(H2,14,15). The van der Waals surface area contributed by atoms with E-state index in [2.05, 4.69) is 0 Å². The lowest BCUT2D eigenvalue weighted by molar-refractivity contribution is 0.100. The van der Waals surface area contributed by atoms with Crippen LogP contribution in [-0.4, -0.2) is 5.91 Å². The summed E-state index contributed by atoms with van der Waals surface area (Å²) in [6.45, 7) is 1.71. The van der Waals surface area contributed by atoms with Gasteiger partial charge in [0.15, 0.2) is 0 Å². The molecular formula is C12H10FNOS. The summed E-state index contributed by atoms with van der Waals surface area (Å²) >= 11 is 1.31. The van der Waals surface area contributed by atoms with Gasteiger partial charge in [-0.25, -0.2) is 4.39 Å². The molecule has 0 fully saturated rings. The summed E-state index contributed by atoms with van der Waals surface area (Å²) in [5, 5.41) is 0. The molecule has 0 aliphatic carbocycles. The Labute approximate surface area is 96.5 Å². The monoisotopic (exact) mass is 235 g/mol. The van der Waals surface area contributed by atoms with Crippen LogP contribution in [0.4, 0.5) is 4.39 Å². The number of halogens is 1. The van der Waals surface area contributed by atoms with Crippen LogP contribution in [0.1, 0.15) is 15.2 Å². The smallest absolute Gasteiger partial charge is 0.258 e. The van der Waals surface area contributed by atoms with Gasteiger partial charge in [-0.2, -0.15) is 0 Å². The minimum absolute atomic E-state index is 0.226. The Kier molecular flexibility index (Phi) is 2.75. The van der Waals surface area contributed by atoms with Crippen molar-refractivity contribution in [2.75, 3.05) is 0 Å². The van der Waals surface area contributed by atoms with E-state index in [1.807, 2.05) is 6.07 Å². The van der Waals surface area contributed by atoms with Gasteiger partial charge in [-0.1, -0.05) is 6.07 Å². The molecule has 2 aromatic rings. The minimum Gasteiger partial charge on any atom is -0.365 e. The van der Waals surface area contributed by atoms with Crippen molar-refractivity contribution >= 4 is 17.2 Å². The van der Waals surface area contributed by atoms with Crippen molar-refractivity contribution in [3.8, 4) is 10.4 Å². The molecule has 16 heavy (non-hydrogen) atoms. The van der Waals surface area contributed by atoms with E-state index >= 15 is 0 Å². The lowest BCUT2D eigenvalue weighted by Crippen LogP contribution is -2.07. The number of primary amides is 1. The van der Waals surface area contributed by atoms with E-state index in [-0.39, 0.29) is 5.82 Å². The fourth-order valence-electron chi connectivity index (χ4n) is 1.42. The van der Waals surface area contributed by atoms with E-state index in [1.165, 1.54) is 17.4 Å². The first kappa shape index (κ1) is 10.8. The first-order valence-electron chi connectivity index (χ1n) is 4.74. The summed E-state index contributed by atoms with van der Waals surface area (Å²) in [5.41, 5.74) is 6.66. The molecule has 0 aliphatic heterocycles. The Hall–Kier alpha value is -1.68. The van der Waals surface area contributed by atoms with Crippen LogP contribution in [0.5, 0.6) is 0 Å². The first-order valence-corrected chi connectivity index (χ1v) is 5.56. The Morgan fingerprint density at radius 2 is 2.06 bits per heavy atom. The van der Waals surface area contributed by atoms with Gasteiger partial charge in [-0.05, 0) is 42.3 Å². The molecule has 1 heterocycles. The number of aryl methyl sites for hydroxylation is 1. The lowest BCUT2D eigenvalue weighted by atomic mass is 10.1. The molecule has 0 radical (unpaired) electrons. The van der Waals surface area contributed by atoms with Gasteiger partial charge in [-0.3, -0.25) is 4.79 Å². The number of amides is 1. The number of carbonyl (C=O) groups excluding carboxylic acids is 1. The van der Waals surface area contributed by atoms with E-state index in [4.69, 9.17) is 5.73 Å². The summed E-state index contributed by atoms with van der Waals surface area (Å²) in [6, 6.07) is 8.37. The highest BCUT2D eigenvalue weighted by Gasteiger charge is 2.07. The van der Waals surface area contributed by atoms with Crippen LogP contribution in [-0.2, 0) is 0 Å². The SMILES string of the molecule is Cc1cc(-c2ccc(C(N)=O)s2)ccc1F. The molecule has 4 heteroatoms. The van der Waals surface area contributed by atoms with Gasteiger partial charge >= 0.3 is 0 Å². The second-order valence-electron chi connectivity index (χ2n) is 3.49. The summed E-state index contributed by atoms with van der Waals surface area (Å²) in [5.74, 6) is -0.662. The minimum atomic E-state index is -0.435. The third-order valence-corrected chi connectivity index (χ3v) is 3.44. The van der Waals surface area contributed by atoms with Crippen LogP contribution in [0.3, 0.4) is 0 Å². The third kappa shape index (κ3) is 1.97. The largest absolute Gasteiger partial charge is 0.365 e. The highest BCUT2D eigenvalue weighted by atomic mass is 32.1. The molecule has 2 N–H and O–H groups in total. The molecule has 1 amide bonds. The maximum atomic E-state index is 13.1. The van der Waals surface area contributed by atoms with Crippen LogP contribution in [0, 0.1) is 12.7 Å². The quantitative estimate of drug-likeness (QED) is 0.854. The van der Waals surface area contributed by atoms with Crippen molar-refractivity contribution in [3.63, 3.8) is 0 Å². The number of thiophene rings is 1. The van der Waals surface area contributed by atoms with Gasteiger partial charge in [0, 0.05) is 4.88 Å². The lowest BCUT2D eigenvalue weighted by Gasteiger charge is -2.00. The van der Waals surface area contributed by atoms with Gasteiger partial charge in [0.1, 0.15) is 5.82 Å². The van der Waals surface area contributed by atoms with E-state index < -0.39 is 5.91 Å². The van der Waals surface area contributed by atoms with Gasteiger partial charge in [-0.15, -0.1) is 11.3 Å². The van der Waals surface area contributed by atoms with Gasteiger partial charge in [0.05, 0.1) is 4.88 Å². The normalized spacial score (nSPS) is 10.4. The van der Waals surface area contributed by atoms with Crippen molar-refractivity contribution in [1.29, 1.82) is 0 Å². The molecule has 1 aromatic carbocycles. The highest BCUT2D eigenvalue weighted by molar-refractivity contribution is 7.17. The van der Waals surface area contributed by atoms with Crippen molar-refractivity contribution in [1.82, 2.24) is 0 Å². The molecule has 0 aliphatic rings. The topological polar surface area (TPSA) is 43.1 Å². The van der Waals surface area contributed by atoms with Gasteiger partial charge in [0.2, 0.25) is 0 Å². The number of rotatable bonds is 2. The zero-order valence-corrected chi connectivity index (χ0v) is 9.48. The fourth-order valence-corrected chi connectivity index (χ4v) is 2.28. The van der Waals surface area contributed by atoms with Crippen molar-refractivity contribution < 1.29 is 9.18 Å². The van der Waals surface area contributed by atoms with E-state index in [0.29, 0.717) is 10.4 Å². The summed E-state index contributed by atoms with van der Waals surface area (Å²) in [7, 11) is 0. The molecule has 0 bridgehead atoms. The van der Waals surface area contributed by atoms with Crippen LogP contribution in [0.25, 0.3) is 10.4 Å². The molecule has 0 unspecified atom stereocenters. The molecule has 2 nitrogen and oxygen atoms in total. The molecule has 0 saturated heterocycles. The second-order valence-corrected chi connectivity index (χ2v) is 4.58. The average Bonchev–Trinajstić information content (AvgIpc) is 2.71. The Morgan fingerprint density at radius 1 is 1.31 bits per heavy atom. The molecule has 0 saturated carbocycles. The zero-order valence-electron chi connectivity index (χ0n) is 8.66. The summed E-state index contributed by atoms with van der Waals surface area (Å²) < 4.78 is 13.1. The van der Waals surface area contributed by atoms with E-state index in [9.17, 15) is 9.18 Å². The van der Waals surface area contributed by atoms with Gasteiger partial charge < -0.3 is 5.73 Å². The highest BCUT2D eigenvalue weighted by Crippen LogP contribution is 2.28. The zero-order chi connectivity index (χ0) is 11.7. The van der Waals surface area contributed by atoms with E-state index in [1.54, 1.807) is 25.1 Å². The van der Waals surface area contributed by atoms with Crippen LogP contribution in [0.15, 0.2) is 30.3 Å². The predicted molar refractivity (Wildman–Crippen MR) is 63.0 cm³/mol. The summed E-state index contributed by atoms with van der Waals surface area (Å²) in [4.78, 5) is 12.4. The predicted octanol–water partition coefficient (Wildman–Crippen LogP) is 2.96. The van der Waals surface area contributed by atoms with Gasteiger partial charge in [0.25, 0.3) is 5.91 Å². The molecule has 1 aromatic heterocycles. The van der Waals surface area contributed by atoms with Crippen molar-refractivity contribution in [3.05, 3.63) is 46.6 Å². The first-order chi connectivity index (χ1) is 7.58. The van der Waals surface area contributed by atoms with Crippen molar-refractivity contribution in [2.45, 2.75) is 6.92 Å². The number of nitrogens with two attached hydrogens (primary N) is 1. The summed E-state index contributed by atoms with van der Waals surface area (Å²) in [6.07, 6.45) is 0. The van der Waals surface area contributed by atoms with Crippen molar-refractivity contribution in [2.24, 2.45) is 5.73 Å². The van der Waals surface area contributed by atoms with E-state index in [0.717, 1.165) is 10.4 Å². The average molecular weight is 235 g/mol. The number of hydrogen-bond donors (Lipinski definition) is 1. The molecule has 0 spiro atoms. The molecule has 0 atom stereocenters. The number of hydrogen-bond acceptors (Lipinski definition) is 2. The Bertz CT molecular complexity index is 548.